The lowest BCUT2D eigenvalue weighted by atomic mass is 10.0. The summed E-state index contributed by atoms with van der Waals surface area (Å²) in [5.41, 5.74) is 3.32. The molecular weight excluding hydrogens is 422 g/mol. The fraction of sp³-hybridized carbons (Fsp3) is 0.346. The largest absolute Gasteiger partial charge is 0.744 e. The molecule has 0 aliphatic rings. The number of benzene rings is 2. The number of aromatic nitrogens is 1. The van der Waals surface area contributed by atoms with Gasteiger partial charge in [-0.05, 0) is 49.4 Å². The number of pyridine rings is 1. The zero-order valence-corrected chi connectivity index (χ0v) is 19.9. The van der Waals surface area contributed by atoms with Crippen LogP contribution < -0.4 is 9.57 Å². The highest BCUT2D eigenvalue weighted by atomic mass is 32.2. The maximum atomic E-state index is 10.4. The molecule has 0 N–H and O–H groups in total. The summed E-state index contributed by atoms with van der Waals surface area (Å²) in [6.45, 7) is 7.10. The van der Waals surface area contributed by atoms with Crippen molar-refractivity contribution in [3.05, 3.63) is 84.7 Å². The van der Waals surface area contributed by atoms with Crippen LogP contribution in [0.15, 0.2) is 84.0 Å². The summed E-state index contributed by atoms with van der Waals surface area (Å²) in [4.78, 5) is 5.76. The van der Waals surface area contributed by atoms with Crippen LogP contribution in [0.4, 0.5) is 0 Å². The summed E-state index contributed by atoms with van der Waals surface area (Å²) in [7, 11) is -4.27. The first kappa shape index (κ1) is 25.6. The van der Waals surface area contributed by atoms with Gasteiger partial charge in [0.1, 0.15) is 10.1 Å². The molecule has 32 heavy (non-hydrogen) atoms. The van der Waals surface area contributed by atoms with E-state index >= 15 is 0 Å². The van der Waals surface area contributed by atoms with Gasteiger partial charge in [-0.2, -0.15) is 0 Å². The Hall–Kier alpha value is -2.70. The Morgan fingerprint density at radius 3 is 2.19 bits per heavy atom. The molecule has 0 spiro atoms. The highest BCUT2D eigenvalue weighted by molar-refractivity contribution is 7.85. The van der Waals surface area contributed by atoms with Crippen molar-refractivity contribution >= 4 is 10.1 Å². The number of aryl methyl sites for hydroxylation is 1. The molecule has 1 unspecified atom stereocenters. The van der Waals surface area contributed by atoms with E-state index in [1.165, 1.54) is 48.9 Å². The van der Waals surface area contributed by atoms with Gasteiger partial charge in [0, 0.05) is 10.8 Å². The second kappa shape index (κ2) is 13.0. The van der Waals surface area contributed by atoms with Crippen molar-refractivity contribution in [2.24, 2.45) is 5.92 Å². The minimum absolute atomic E-state index is 0.178. The standard InChI is InChI=1S/C19H26NO.C7H8O3S/c1-3-5-10-17(4-2)16-21-20-14-9-13-19(15-20)18-11-7-6-8-12-18;1-6-2-4-7(5-3-6)11(8,9)10/h6-9,11-15,17H,3-5,10,16H2,1-2H3;2-5H,1H3,(H,8,9,10)/q+1;/p-1. The van der Waals surface area contributed by atoms with Crippen molar-refractivity contribution in [1.82, 2.24) is 0 Å². The zero-order valence-electron chi connectivity index (χ0n) is 19.1. The molecule has 1 heterocycles. The molecule has 5 nitrogen and oxygen atoms in total. The Morgan fingerprint density at radius 2 is 1.59 bits per heavy atom. The van der Waals surface area contributed by atoms with Crippen molar-refractivity contribution < 1.29 is 22.5 Å². The topological polar surface area (TPSA) is 70.3 Å². The van der Waals surface area contributed by atoms with Crippen molar-refractivity contribution in [1.29, 1.82) is 0 Å². The van der Waals surface area contributed by atoms with E-state index in [0.29, 0.717) is 5.92 Å². The van der Waals surface area contributed by atoms with Crippen LogP contribution >= 0.6 is 0 Å². The third kappa shape index (κ3) is 8.81. The van der Waals surface area contributed by atoms with Crippen LogP contribution in [0.25, 0.3) is 11.1 Å². The zero-order chi connectivity index (χ0) is 23.4. The lowest BCUT2D eigenvalue weighted by Crippen LogP contribution is -2.44. The first-order valence-electron chi connectivity index (χ1n) is 11.1. The number of nitrogens with zero attached hydrogens (tertiary/aromatic N) is 1. The molecule has 1 aromatic heterocycles. The van der Waals surface area contributed by atoms with E-state index in [4.69, 9.17) is 4.84 Å². The van der Waals surface area contributed by atoms with Gasteiger partial charge in [0.05, 0.1) is 10.5 Å². The number of hydrogen-bond donors (Lipinski definition) is 0. The molecule has 0 amide bonds. The maximum Gasteiger partial charge on any atom is 0.230 e. The van der Waals surface area contributed by atoms with Crippen LogP contribution in [0, 0.1) is 12.8 Å². The lowest BCUT2D eigenvalue weighted by molar-refractivity contribution is -0.892. The van der Waals surface area contributed by atoms with Crippen molar-refractivity contribution in [2.75, 3.05) is 6.61 Å². The van der Waals surface area contributed by atoms with Gasteiger partial charge in [0.15, 0.2) is 6.61 Å². The summed E-state index contributed by atoms with van der Waals surface area (Å²) < 4.78 is 33.0. The average Bonchev–Trinajstić information content (AvgIpc) is 2.80. The van der Waals surface area contributed by atoms with Crippen molar-refractivity contribution in [3.63, 3.8) is 0 Å². The highest BCUT2D eigenvalue weighted by Gasteiger charge is 2.11. The van der Waals surface area contributed by atoms with Crippen LogP contribution in [-0.2, 0) is 10.1 Å². The van der Waals surface area contributed by atoms with Gasteiger partial charge >= 0.3 is 0 Å². The van der Waals surface area contributed by atoms with E-state index < -0.39 is 10.1 Å². The molecule has 0 saturated heterocycles. The Kier molecular flexibility index (Phi) is 10.4. The maximum absolute atomic E-state index is 10.4. The second-order valence-corrected chi connectivity index (χ2v) is 9.18. The van der Waals surface area contributed by atoms with E-state index in [0.717, 1.165) is 12.2 Å². The second-order valence-electron chi connectivity index (χ2n) is 7.80. The van der Waals surface area contributed by atoms with Gasteiger partial charge in [0.25, 0.3) is 0 Å². The summed E-state index contributed by atoms with van der Waals surface area (Å²) in [5, 5.41) is 0. The quantitative estimate of drug-likeness (QED) is 0.329. The van der Waals surface area contributed by atoms with Crippen molar-refractivity contribution in [3.8, 4) is 11.1 Å². The minimum Gasteiger partial charge on any atom is -0.744 e. The van der Waals surface area contributed by atoms with Crippen LogP contribution in [0.2, 0.25) is 0 Å². The molecule has 0 fully saturated rings. The van der Waals surface area contributed by atoms with Crippen LogP contribution in [0.3, 0.4) is 0 Å². The molecule has 2 aromatic carbocycles. The van der Waals surface area contributed by atoms with Crippen LogP contribution in [0.5, 0.6) is 0 Å². The van der Waals surface area contributed by atoms with E-state index in [9.17, 15) is 13.0 Å². The summed E-state index contributed by atoms with van der Waals surface area (Å²) in [6.07, 6.45) is 9.01. The molecule has 3 rings (SSSR count). The van der Waals surface area contributed by atoms with Gasteiger partial charge in [-0.1, -0.05) is 74.7 Å². The van der Waals surface area contributed by atoms with E-state index in [1.54, 1.807) is 12.1 Å². The molecule has 0 aliphatic carbocycles. The predicted octanol–water partition coefficient (Wildman–Crippen LogP) is 5.19. The highest BCUT2D eigenvalue weighted by Crippen LogP contribution is 2.16. The molecule has 3 aromatic rings. The van der Waals surface area contributed by atoms with Gasteiger partial charge in [-0.3, -0.25) is 4.84 Å². The summed E-state index contributed by atoms with van der Waals surface area (Å²) >= 11 is 0. The first-order valence-corrected chi connectivity index (χ1v) is 12.5. The van der Waals surface area contributed by atoms with Crippen LogP contribution in [-0.4, -0.2) is 19.6 Å². The third-order valence-electron chi connectivity index (χ3n) is 5.19. The molecule has 0 radical (unpaired) electrons. The molecule has 6 heteroatoms. The molecule has 0 aliphatic heterocycles. The molecule has 172 valence electrons. The Bertz CT molecular complexity index is 1030. The minimum atomic E-state index is -4.27. The Morgan fingerprint density at radius 1 is 0.938 bits per heavy atom. The van der Waals surface area contributed by atoms with E-state index in [1.807, 2.05) is 30.0 Å². The Balaban J connectivity index is 0.000000278. The molecule has 1 atom stereocenters. The number of hydrogen-bond acceptors (Lipinski definition) is 4. The van der Waals surface area contributed by atoms with Crippen molar-refractivity contribution in [2.45, 2.75) is 51.3 Å². The van der Waals surface area contributed by atoms with Crippen LogP contribution in [0.1, 0.15) is 45.1 Å². The SMILES string of the molecule is CCCCC(CC)CO[n+]1cccc(-c2ccccc2)c1.Cc1ccc(S(=O)(=O)[O-])cc1. The summed E-state index contributed by atoms with van der Waals surface area (Å²) in [5.74, 6) is 0.651. The van der Waals surface area contributed by atoms with Gasteiger partial charge in [-0.15, -0.1) is 0 Å². The molecular formula is C26H33NO4S. The number of unbranched alkanes of at least 4 members (excludes halogenated alkanes) is 1. The van der Waals surface area contributed by atoms with E-state index in [-0.39, 0.29) is 4.90 Å². The fourth-order valence-electron chi connectivity index (χ4n) is 3.13. The fourth-order valence-corrected chi connectivity index (χ4v) is 3.60. The first-order chi connectivity index (χ1) is 15.3. The molecule has 0 saturated carbocycles. The number of rotatable bonds is 9. The van der Waals surface area contributed by atoms with Gasteiger partial charge < -0.3 is 4.55 Å². The molecule has 0 bridgehead atoms. The third-order valence-corrected chi connectivity index (χ3v) is 6.04. The monoisotopic (exact) mass is 455 g/mol. The lowest BCUT2D eigenvalue weighted by Gasteiger charge is -2.11. The van der Waals surface area contributed by atoms with Gasteiger partial charge in [-0.25, -0.2) is 8.42 Å². The summed E-state index contributed by atoms with van der Waals surface area (Å²) in [6, 6.07) is 20.3. The van der Waals surface area contributed by atoms with E-state index in [2.05, 4.69) is 50.4 Å². The van der Waals surface area contributed by atoms with Gasteiger partial charge in [0.2, 0.25) is 12.4 Å². The normalized spacial score (nSPS) is 11.9. The smallest absolute Gasteiger partial charge is 0.230 e. The Labute approximate surface area is 192 Å². The average molecular weight is 456 g/mol. The predicted molar refractivity (Wildman–Crippen MR) is 126 cm³/mol.